The van der Waals surface area contributed by atoms with E-state index in [4.69, 9.17) is 15.0 Å². The third kappa shape index (κ3) is 12.2. The normalized spacial score (nSPS) is 11.3. The molecule has 348 valence electrons. The van der Waals surface area contributed by atoms with Gasteiger partial charge in [0.1, 0.15) is 0 Å². The molecule has 0 amide bonds. The van der Waals surface area contributed by atoms with Crippen LogP contribution >= 0.6 is 0 Å². The Labute approximate surface area is 427 Å². The topological polar surface area (TPSA) is 38.7 Å². The molecule has 0 spiro atoms. The summed E-state index contributed by atoms with van der Waals surface area (Å²) >= 11 is 0. The van der Waals surface area contributed by atoms with Gasteiger partial charge in [0.05, 0.1) is 0 Å². The molecule has 0 saturated carbocycles. The maximum absolute atomic E-state index is 13.8. The van der Waals surface area contributed by atoms with Gasteiger partial charge in [-0.3, -0.25) is 0 Å². The number of rotatable bonds is 15. The van der Waals surface area contributed by atoms with Gasteiger partial charge in [-0.1, -0.05) is 121 Å². The predicted molar refractivity (Wildman–Crippen MR) is 276 cm³/mol. The van der Waals surface area contributed by atoms with E-state index < -0.39 is 12.6 Å². The number of aryl methyl sites for hydroxylation is 5. The zero-order valence-electron chi connectivity index (χ0n) is 38.8. The van der Waals surface area contributed by atoms with E-state index in [0.29, 0.717) is 5.56 Å². The molecule has 7 aromatic carbocycles. The number of pyridine rings is 3. The molecule has 0 bridgehead atoms. The first kappa shape index (κ1) is 48.5. The van der Waals surface area contributed by atoms with Crippen LogP contribution in [0.5, 0.6) is 0 Å². The largest absolute Gasteiger partial charge is 3.00 e. The molecule has 0 unspecified atom stereocenters. The Bertz CT molecular complexity index is 3200. The van der Waals surface area contributed by atoms with Gasteiger partial charge in [-0.25, -0.2) is 0 Å². The van der Waals surface area contributed by atoms with E-state index in [0.717, 1.165) is 126 Å². The van der Waals surface area contributed by atoms with E-state index in [-0.39, 0.29) is 26.5 Å². The van der Waals surface area contributed by atoms with Gasteiger partial charge in [0.15, 0.2) is 0 Å². The summed E-state index contributed by atoms with van der Waals surface area (Å²) in [6.07, 6.45) is 3.46. The summed E-state index contributed by atoms with van der Waals surface area (Å²) in [5, 5.41) is 0. The molecule has 0 aliphatic rings. The molecule has 3 nitrogen and oxygen atoms in total. The van der Waals surface area contributed by atoms with E-state index in [1.54, 1.807) is 0 Å². The van der Waals surface area contributed by atoms with Crippen molar-refractivity contribution in [2.45, 2.75) is 44.7 Å². The Morgan fingerprint density at radius 2 is 0.831 bits per heavy atom. The van der Waals surface area contributed by atoms with Gasteiger partial charge in [-0.05, 0) is 116 Å². The van der Waals surface area contributed by atoms with Crippen LogP contribution < -0.4 is 0 Å². The summed E-state index contributed by atoms with van der Waals surface area (Å²) in [5.74, 6) is 0. The maximum Gasteiger partial charge on any atom is 3.00 e. The van der Waals surface area contributed by atoms with Crippen LogP contribution in [0.25, 0.3) is 78.3 Å². The first-order chi connectivity index (χ1) is 34.3. The fourth-order valence-corrected chi connectivity index (χ4v) is 8.94. The number of hydrogen-bond acceptors (Lipinski definition) is 3. The monoisotopic (exact) mass is 1110 g/mol. The number of alkyl halides is 3. The summed E-state index contributed by atoms with van der Waals surface area (Å²) in [7, 11) is 0. The minimum absolute atomic E-state index is 0. The third-order valence-corrected chi connectivity index (χ3v) is 12.7. The Kier molecular flexibility index (Phi) is 15.3. The summed E-state index contributed by atoms with van der Waals surface area (Å²) in [4.78, 5) is 14.6. The number of benzene rings is 7. The summed E-state index contributed by atoms with van der Waals surface area (Å²) in [5.41, 5.74) is 18.0. The molecule has 3 aromatic heterocycles. The van der Waals surface area contributed by atoms with E-state index in [2.05, 4.69) is 91.0 Å². The van der Waals surface area contributed by atoms with Crippen molar-refractivity contribution in [1.82, 2.24) is 15.0 Å². The number of nitrogens with zero attached hydrogens (tertiary/aromatic N) is 3. The zero-order valence-corrected chi connectivity index (χ0v) is 41.2. The summed E-state index contributed by atoms with van der Waals surface area (Å²) in [6, 6.07) is 75.0. The van der Waals surface area contributed by atoms with E-state index >= 15 is 0 Å². The summed E-state index contributed by atoms with van der Waals surface area (Å²) < 4.78 is 41.4. The molecule has 3 heterocycles. The molecule has 10 rings (SSSR count). The Morgan fingerprint density at radius 3 is 1.35 bits per heavy atom. The first-order valence-electron chi connectivity index (χ1n) is 23.6. The van der Waals surface area contributed by atoms with Crippen molar-refractivity contribution in [2.24, 2.45) is 0 Å². The van der Waals surface area contributed by atoms with Gasteiger partial charge in [0.25, 0.3) is 0 Å². The fraction of sp³-hybridized carbons (Fsp3) is 0.109. The van der Waals surface area contributed by atoms with Crippen molar-refractivity contribution in [3.8, 4) is 78.3 Å². The summed E-state index contributed by atoms with van der Waals surface area (Å²) in [6.45, 7) is 0. The molecule has 0 saturated heterocycles. The fourth-order valence-electron chi connectivity index (χ4n) is 8.94. The maximum atomic E-state index is 13.8. The average Bonchev–Trinajstić information content (AvgIpc) is 3.42. The second-order valence-corrected chi connectivity index (χ2v) is 17.5. The van der Waals surface area contributed by atoms with Crippen LogP contribution in [0.1, 0.15) is 34.2 Å². The van der Waals surface area contributed by atoms with Gasteiger partial charge in [0, 0.05) is 30.6 Å². The standard InChI is InChI=1S/C64H47F3N3.Ir/c65-64(66,67)36-35-45-25-32-57(59(40-45)60-44-70-63(55-19-11-4-12-20-55)41-58(60)52-30-28-51(29-31-52)50-13-5-1-6-14-50)56-38-48(23-21-46-26-33-61(68-42-46)53-15-7-2-8-16-53)37-49(39-56)24-22-47-27-34-62(69-43-47)54-17-9-3-10-18-54;/h1-15,17,19,25-34,37-44H,21-24,35-36H2;/q-3;+3. The molecule has 0 atom stereocenters. The van der Waals surface area contributed by atoms with Crippen LogP contribution in [0.15, 0.2) is 213 Å². The second kappa shape index (κ2) is 22.5. The molecule has 10 aromatic rings. The van der Waals surface area contributed by atoms with Crippen molar-refractivity contribution in [3.05, 3.63) is 259 Å². The molecule has 0 aliphatic heterocycles. The molecule has 0 N–H and O–H groups in total. The number of aromatic nitrogens is 3. The molecule has 7 heteroatoms. The van der Waals surface area contributed by atoms with Crippen LogP contribution in [0.4, 0.5) is 13.2 Å². The molecule has 0 aliphatic carbocycles. The van der Waals surface area contributed by atoms with Gasteiger partial charge < -0.3 is 15.0 Å². The van der Waals surface area contributed by atoms with Crippen molar-refractivity contribution in [1.29, 1.82) is 0 Å². The predicted octanol–water partition coefficient (Wildman–Crippen LogP) is 16.0. The van der Waals surface area contributed by atoms with E-state index in [1.807, 2.05) is 140 Å². The molecular formula is C64H47F3IrN3. The van der Waals surface area contributed by atoms with Gasteiger partial charge >= 0.3 is 26.3 Å². The van der Waals surface area contributed by atoms with Crippen LogP contribution in [0.3, 0.4) is 0 Å². The van der Waals surface area contributed by atoms with Crippen LogP contribution in [0.2, 0.25) is 0 Å². The van der Waals surface area contributed by atoms with Crippen molar-refractivity contribution in [3.63, 3.8) is 0 Å². The van der Waals surface area contributed by atoms with E-state index in [9.17, 15) is 13.2 Å². The zero-order chi connectivity index (χ0) is 47.7. The van der Waals surface area contributed by atoms with Crippen molar-refractivity contribution >= 4 is 0 Å². The van der Waals surface area contributed by atoms with Crippen molar-refractivity contribution < 1.29 is 33.3 Å². The van der Waals surface area contributed by atoms with Gasteiger partial charge in [-0.2, -0.15) is 13.2 Å². The molecule has 71 heavy (non-hydrogen) atoms. The Morgan fingerprint density at radius 1 is 0.338 bits per heavy atom. The van der Waals surface area contributed by atoms with Crippen molar-refractivity contribution in [2.75, 3.05) is 0 Å². The quantitative estimate of drug-likeness (QED) is 0.0961. The number of hydrogen-bond donors (Lipinski definition) is 0. The molecular weight excluding hydrogens is 1060 g/mol. The van der Waals surface area contributed by atoms with E-state index in [1.165, 1.54) is 0 Å². The smallest absolute Gasteiger partial charge is 0.304 e. The molecule has 0 radical (unpaired) electrons. The van der Waals surface area contributed by atoms with Crippen LogP contribution in [0, 0.1) is 18.2 Å². The molecule has 0 fully saturated rings. The Balaban J connectivity index is 0.00000624. The first-order valence-corrected chi connectivity index (χ1v) is 23.6. The minimum Gasteiger partial charge on any atom is -0.304 e. The Hall–Kier alpha value is -7.57. The number of halogens is 3. The average molecular weight is 1110 g/mol. The van der Waals surface area contributed by atoms with Gasteiger partial charge in [0.2, 0.25) is 0 Å². The SMILES string of the molecule is FC(F)(F)CCc1ccc(-c2cc(CCc3ccc(-c4[c-]cccc4)nc3)cc(CCc3ccc(-c4[c-]cccc4)nc3)c2)c(-c2cnc(-c3[c-]cccc3)cc2-c2ccc(-c3ccccc3)cc2)c1.[Ir+3]. The van der Waals surface area contributed by atoms with Crippen LogP contribution in [-0.4, -0.2) is 21.1 Å². The second-order valence-electron chi connectivity index (χ2n) is 17.5. The van der Waals surface area contributed by atoms with Crippen LogP contribution in [-0.2, 0) is 52.2 Å². The van der Waals surface area contributed by atoms with Gasteiger partial charge in [-0.15, -0.1) is 108 Å². The minimum atomic E-state index is -4.30. The third-order valence-electron chi connectivity index (χ3n) is 12.7.